The summed E-state index contributed by atoms with van der Waals surface area (Å²) in [6, 6.07) is 0. The molecule has 0 saturated heterocycles. The number of hydrogen-bond donors (Lipinski definition) is 1. The lowest BCUT2D eigenvalue weighted by Gasteiger charge is -2.35. The van der Waals surface area contributed by atoms with Crippen LogP contribution < -0.4 is 0 Å². The molecule has 0 aliphatic carbocycles. The second-order valence-electron chi connectivity index (χ2n) is 5.11. The minimum absolute atomic E-state index is 0.000207. The molecule has 1 aliphatic heterocycles. The van der Waals surface area contributed by atoms with Gasteiger partial charge in [-0.2, -0.15) is 0 Å². The largest absolute Gasteiger partial charge is 0.493 e. The number of aliphatic hydroxyl groups is 1. The number of rotatable bonds is 5. The van der Waals surface area contributed by atoms with Gasteiger partial charge < -0.3 is 9.84 Å². The van der Waals surface area contributed by atoms with Gasteiger partial charge in [0.1, 0.15) is 17.6 Å². The van der Waals surface area contributed by atoms with Crippen molar-refractivity contribution in [2.45, 2.75) is 46.6 Å². The van der Waals surface area contributed by atoms with E-state index in [1.165, 1.54) is 6.08 Å². The topological polar surface area (TPSA) is 63.6 Å². The van der Waals surface area contributed by atoms with Crippen LogP contribution in [0.15, 0.2) is 11.8 Å². The fourth-order valence-corrected chi connectivity index (χ4v) is 2.00. The summed E-state index contributed by atoms with van der Waals surface area (Å²) in [6.45, 7) is 7.13. The Bertz CT molecular complexity index is 372. The van der Waals surface area contributed by atoms with Gasteiger partial charge in [0.05, 0.1) is 11.3 Å². The highest BCUT2D eigenvalue weighted by Crippen LogP contribution is 2.37. The van der Waals surface area contributed by atoms with Gasteiger partial charge in [-0.05, 0) is 20.3 Å². The van der Waals surface area contributed by atoms with E-state index in [1.54, 1.807) is 6.92 Å². The molecule has 0 bridgehead atoms. The molecular weight excluding hydrogens is 232 g/mol. The SMILES string of the molecule is CC[C@@](C)(C(=O)CCO)C1=CC(=O)[C@@H](C)[C@H](C)O1. The summed E-state index contributed by atoms with van der Waals surface area (Å²) in [4.78, 5) is 23.9. The molecule has 1 heterocycles. The van der Waals surface area contributed by atoms with Crippen LogP contribution in [0.4, 0.5) is 0 Å². The van der Waals surface area contributed by atoms with E-state index in [9.17, 15) is 9.59 Å². The van der Waals surface area contributed by atoms with Gasteiger partial charge in [-0.25, -0.2) is 0 Å². The smallest absolute Gasteiger partial charge is 0.165 e. The highest BCUT2D eigenvalue weighted by molar-refractivity contribution is 5.95. The first-order valence-electron chi connectivity index (χ1n) is 6.43. The predicted molar refractivity (Wildman–Crippen MR) is 67.9 cm³/mol. The average Bonchev–Trinajstić information content (AvgIpc) is 2.34. The van der Waals surface area contributed by atoms with Crippen molar-refractivity contribution in [2.24, 2.45) is 11.3 Å². The summed E-state index contributed by atoms with van der Waals surface area (Å²) in [5, 5.41) is 8.89. The van der Waals surface area contributed by atoms with E-state index in [2.05, 4.69) is 0 Å². The third kappa shape index (κ3) is 2.64. The van der Waals surface area contributed by atoms with E-state index in [0.29, 0.717) is 12.2 Å². The van der Waals surface area contributed by atoms with Gasteiger partial charge in [0.15, 0.2) is 5.78 Å². The van der Waals surface area contributed by atoms with Crippen molar-refractivity contribution >= 4 is 11.6 Å². The van der Waals surface area contributed by atoms with Crippen molar-refractivity contribution in [3.8, 4) is 0 Å². The molecule has 1 rings (SSSR count). The molecule has 0 unspecified atom stereocenters. The molecule has 18 heavy (non-hydrogen) atoms. The van der Waals surface area contributed by atoms with E-state index in [-0.39, 0.29) is 36.6 Å². The Balaban J connectivity index is 3.06. The molecule has 0 aromatic carbocycles. The number of ether oxygens (including phenoxy) is 1. The van der Waals surface area contributed by atoms with E-state index in [0.717, 1.165) is 0 Å². The molecule has 0 spiro atoms. The predicted octanol–water partition coefficient (Wildman–Crippen LogP) is 1.86. The van der Waals surface area contributed by atoms with Gasteiger partial charge in [-0.15, -0.1) is 0 Å². The van der Waals surface area contributed by atoms with Crippen LogP contribution in [0, 0.1) is 11.3 Å². The zero-order chi connectivity index (χ0) is 13.9. The zero-order valence-corrected chi connectivity index (χ0v) is 11.5. The first-order valence-corrected chi connectivity index (χ1v) is 6.43. The van der Waals surface area contributed by atoms with Gasteiger partial charge in [-0.1, -0.05) is 13.8 Å². The molecule has 0 aromatic heterocycles. The maximum Gasteiger partial charge on any atom is 0.165 e. The average molecular weight is 254 g/mol. The molecule has 1 N–H and O–H groups in total. The fraction of sp³-hybridized carbons (Fsp3) is 0.714. The number of Topliss-reactive ketones (excluding diaryl/α,β-unsaturated/α-hetero) is 1. The Hall–Kier alpha value is -1.16. The van der Waals surface area contributed by atoms with Crippen molar-refractivity contribution in [2.75, 3.05) is 6.61 Å². The van der Waals surface area contributed by atoms with Crippen LogP contribution in [-0.2, 0) is 14.3 Å². The molecule has 1 aliphatic rings. The number of aliphatic hydroxyl groups excluding tert-OH is 1. The highest BCUT2D eigenvalue weighted by Gasteiger charge is 2.40. The minimum atomic E-state index is -0.813. The lowest BCUT2D eigenvalue weighted by Crippen LogP contribution is -2.38. The van der Waals surface area contributed by atoms with Crippen LogP contribution >= 0.6 is 0 Å². The molecule has 0 fully saturated rings. The standard InChI is InChI=1S/C14H22O4/c1-5-14(4,12(17)6-7-15)13-8-11(16)9(2)10(3)18-13/h8-10,15H,5-7H2,1-4H3/t9-,10-,14-/m0/s1. The molecule has 0 aromatic rings. The van der Waals surface area contributed by atoms with Gasteiger partial charge in [0, 0.05) is 19.1 Å². The Labute approximate surface area is 108 Å². The summed E-state index contributed by atoms with van der Waals surface area (Å²) in [6.07, 6.45) is 1.86. The Morgan fingerprint density at radius 2 is 2.11 bits per heavy atom. The molecular formula is C14H22O4. The molecule has 4 heteroatoms. The number of ketones is 2. The summed E-state index contributed by atoms with van der Waals surface area (Å²) in [7, 11) is 0. The summed E-state index contributed by atoms with van der Waals surface area (Å²) in [5.41, 5.74) is -0.813. The Kier molecular flexibility index (Phi) is 4.68. The number of carbonyl (C=O) groups is 2. The van der Waals surface area contributed by atoms with E-state index in [4.69, 9.17) is 9.84 Å². The number of hydrogen-bond acceptors (Lipinski definition) is 4. The lowest BCUT2D eigenvalue weighted by atomic mass is 9.77. The van der Waals surface area contributed by atoms with E-state index >= 15 is 0 Å². The van der Waals surface area contributed by atoms with Gasteiger partial charge in [0.2, 0.25) is 0 Å². The second kappa shape index (κ2) is 5.65. The molecule has 0 amide bonds. The summed E-state index contributed by atoms with van der Waals surface area (Å²) >= 11 is 0. The quantitative estimate of drug-likeness (QED) is 0.813. The molecule has 4 nitrogen and oxygen atoms in total. The highest BCUT2D eigenvalue weighted by atomic mass is 16.5. The van der Waals surface area contributed by atoms with E-state index < -0.39 is 5.41 Å². The van der Waals surface area contributed by atoms with Crippen LogP contribution in [0.2, 0.25) is 0 Å². The molecule has 0 saturated carbocycles. The lowest BCUT2D eigenvalue weighted by molar-refractivity contribution is -0.132. The third-order valence-corrected chi connectivity index (χ3v) is 3.94. The van der Waals surface area contributed by atoms with Crippen molar-refractivity contribution in [3.63, 3.8) is 0 Å². The summed E-state index contributed by atoms with van der Waals surface area (Å²) < 4.78 is 5.73. The van der Waals surface area contributed by atoms with Crippen molar-refractivity contribution in [3.05, 3.63) is 11.8 Å². The summed E-state index contributed by atoms with van der Waals surface area (Å²) in [5.74, 6) is 0.176. The maximum absolute atomic E-state index is 12.1. The van der Waals surface area contributed by atoms with Crippen LogP contribution in [0.25, 0.3) is 0 Å². The van der Waals surface area contributed by atoms with Crippen LogP contribution in [0.3, 0.4) is 0 Å². The normalized spacial score (nSPS) is 27.2. The van der Waals surface area contributed by atoms with Crippen molar-refractivity contribution < 1.29 is 19.4 Å². The zero-order valence-electron chi connectivity index (χ0n) is 11.5. The third-order valence-electron chi connectivity index (χ3n) is 3.94. The van der Waals surface area contributed by atoms with Crippen molar-refractivity contribution in [1.82, 2.24) is 0 Å². The molecule has 102 valence electrons. The molecule has 3 atom stereocenters. The van der Waals surface area contributed by atoms with Crippen LogP contribution in [0.5, 0.6) is 0 Å². The van der Waals surface area contributed by atoms with Gasteiger partial charge in [-0.3, -0.25) is 9.59 Å². The van der Waals surface area contributed by atoms with Crippen molar-refractivity contribution in [1.29, 1.82) is 0 Å². The fourth-order valence-electron chi connectivity index (χ4n) is 2.00. The first-order chi connectivity index (χ1) is 8.36. The van der Waals surface area contributed by atoms with Crippen LogP contribution in [-0.4, -0.2) is 29.4 Å². The van der Waals surface area contributed by atoms with Gasteiger partial charge in [0.25, 0.3) is 0 Å². The molecule has 0 radical (unpaired) electrons. The van der Waals surface area contributed by atoms with Crippen LogP contribution in [0.1, 0.15) is 40.5 Å². The number of carbonyl (C=O) groups excluding carboxylic acids is 2. The first kappa shape index (κ1) is 14.9. The Morgan fingerprint density at radius 3 is 2.56 bits per heavy atom. The van der Waals surface area contributed by atoms with Gasteiger partial charge >= 0.3 is 0 Å². The second-order valence-corrected chi connectivity index (χ2v) is 5.11. The van der Waals surface area contributed by atoms with E-state index in [1.807, 2.05) is 20.8 Å². The maximum atomic E-state index is 12.1. The Morgan fingerprint density at radius 1 is 1.50 bits per heavy atom. The number of allylic oxidation sites excluding steroid dienone is 2. The monoisotopic (exact) mass is 254 g/mol. The minimum Gasteiger partial charge on any atom is -0.493 e.